The van der Waals surface area contributed by atoms with Crippen LogP contribution in [-0.2, 0) is 9.53 Å². The quantitative estimate of drug-likeness (QED) is 0.652. The van der Waals surface area contributed by atoms with E-state index in [1.54, 1.807) is 43.4 Å². The molecule has 2 amide bonds. The van der Waals surface area contributed by atoms with E-state index in [4.69, 9.17) is 21.1 Å². The number of ether oxygens (including phenoxy) is 2. The molecule has 1 fully saturated rings. The summed E-state index contributed by atoms with van der Waals surface area (Å²) in [6.45, 7) is 1.95. The predicted molar refractivity (Wildman–Crippen MR) is 116 cm³/mol. The number of methoxy groups -OCH3 is 2. The molecule has 1 saturated heterocycles. The zero-order valence-electron chi connectivity index (χ0n) is 17.3. The first-order valence-electron chi connectivity index (χ1n) is 9.99. The number of halogens is 1. The summed E-state index contributed by atoms with van der Waals surface area (Å²) in [5, 5.41) is 3.57. The van der Waals surface area contributed by atoms with Gasteiger partial charge in [-0.3, -0.25) is 9.59 Å². The molecule has 1 aliphatic heterocycles. The van der Waals surface area contributed by atoms with E-state index < -0.39 is 0 Å². The Hall–Kier alpha value is -2.57. The molecule has 7 heteroatoms. The fraction of sp³-hybridized carbons (Fsp3) is 0.391. The van der Waals surface area contributed by atoms with Crippen LogP contribution < -0.4 is 10.1 Å². The van der Waals surface area contributed by atoms with Crippen molar-refractivity contribution in [2.45, 2.75) is 12.3 Å². The minimum atomic E-state index is -0.337. The summed E-state index contributed by atoms with van der Waals surface area (Å²) in [5.41, 5.74) is 1.54. The second kappa shape index (κ2) is 10.5. The molecule has 0 radical (unpaired) electrons. The lowest BCUT2D eigenvalue weighted by Gasteiger charge is -2.18. The van der Waals surface area contributed by atoms with Gasteiger partial charge in [0, 0.05) is 49.9 Å². The normalized spacial score (nSPS) is 18.3. The summed E-state index contributed by atoms with van der Waals surface area (Å²) in [6.07, 6.45) is 0.742. The highest BCUT2D eigenvalue weighted by Crippen LogP contribution is 2.35. The average molecular weight is 431 g/mol. The number of benzene rings is 2. The van der Waals surface area contributed by atoms with Gasteiger partial charge >= 0.3 is 0 Å². The fourth-order valence-corrected chi connectivity index (χ4v) is 3.91. The van der Waals surface area contributed by atoms with Crippen molar-refractivity contribution in [3.05, 3.63) is 64.7 Å². The summed E-state index contributed by atoms with van der Waals surface area (Å²) < 4.78 is 10.4. The molecule has 1 heterocycles. The molecule has 160 valence electrons. The van der Waals surface area contributed by atoms with Gasteiger partial charge in [0.1, 0.15) is 5.75 Å². The molecule has 2 unspecified atom stereocenters. The van der Waals surface area contributed by atoms with E-state index >= 15 is 0 Å². The third-order valence-electron chi connectivity index (χ3n) is 5.38. The van der Waals surface area contributed by atoms with Crippen molar-refractivity contribution in [3.63, 3.8) is 0 Å². The second-order valence-electron chi connectivity index (χ2n) is 7.34. The van der Waals surface area contributed by atoms with Crippen LogP contribution in [-0.4, -0.2) is 57.2 Å². The maximum atomic E-state index is 13.0. The van der Waals surface area contributed by atoms with Crippen molar-refractivity contribution in [1.29, 1.82) is 0 Å². The van der Waals surface area contributed by atoms with Gasteiger partial charge in [-0.05, 0) is 48.4 Å². The first-order chi connectivity index (χ1) is 14.5. The lowest BCUT2D eigenvalue weighted by molar-refractivity contribution is -0.124. The molecule has 3 rings (SSSR count). The average Bonchev–Trinajstić information content (AvgIpc) is 3.22. The number of nitrogens with zero attached hydrogens (tertiary/aromatic N) is 1. The van der Waals surface area contributed by atoms with Crippen molar-refractivity contribution < 1.29 is 19.1 Å². The van der Waals surface area contributed by atoms with E-state index in [1.165, 1.54) is 0 Å². The van der Waals surface area contributed by atoms with Crippen LogP contribution in [0.4, 0.5) is 0 Å². The Morgan fingerprint density at radius 3 is 2.60 bits per heavy atom. The monoisotopic (exact) mass is 430 g/mol. The zero-order valence-corrected chi connectivity index (χ0v) is 18.0. The molecule has 1 N–H and O–H groups in total. The van der Waals surface area contributed by atoms with Crippen molar-refractivity contribution in [2.75, 3.05) is 40.5 Å². The number of carbonyl (C=O) groups excluding carboxylic acids is 2. The highest BCUT2D eigenvalue weighted by molar-refractivity contribution is 6.30. The summed E-state index contributed by atoms with van der Waals surface area (Å²) in [5.74, 6) is 0.128. The lowest BCUT2D eigenvalue weighted by atomic mass is 9.88. The molecule has 30 heavy (non-hydrogen) atoms. The Balaban J connectivity index is 1.80. The molecular formula is C23H27ClN2O4. The van der Waals surface area contributed by atoms with Gasteiger partial charge < -0.3 is 19.7 Å². The van der Waals surface area contributed by atoms with Gasteiger partial charge in [0.15, 0.2) is 0 Å². The van der Waals surface area contributed by atoms with Gasteiger partial charge in [-0.2, -0.15) is 0 Å². The smallest absolute Gasteiger partial charge is 0.253 e. The number of amides is 2. The van der Waals surface area contributed by atoms with E-state index in [2.05, 4.69) is 5.32 Å². The van der Waals surface area contributed by atoms with Gasteiger partial charge in [-0.1, -0.05) is 23.7 Å². The van der Waals surface area contributed by atoms with Crippen LogP contribution in [0.3, 0.4) is 0 Å². The Bertz CT molecular complexity index is 872. The van der Waals surface area contributed by atoms with E-state index in [1.807, 2.05) is 24.3 Å². The van der Waals surface area contributed by atoms with Crippen LogP contribution in [0.5, 0.6) is 5.75 Å². The predicted octanol–water partition coefficient (Wildman–Crippen LogP) is 3.36. The largest absolute Gasteiger partial charge is 0.497 e. The standard InChI is InChI=1S/C23H27ClN2O4/c1-29-12-4-11-25-22(27)21-15-26(23(28)16-7-9-18(24)10-8-16)14-20(21)17-5-3-6-19(13-17)30-2/h3,5-10,13,20-21H,4,11-12,14-15H2,1-2H3,(H,25,27). The summed E-state index contributed by atoms with van der Waals surface area (Å²) in [6, 6.07) is 14.5. The number of rotatable bonds is 8. The lowest BCUT2D eigenvalue weighted by Crippen LogP contribution is -2.36. The highest BCUT2D eigenvalue weighted by Gasteiger charge is 2.40. The Kier molecular flexibility index (Phi) is 7.71. The molecule has 2 aromatic rings. The number of carbonyl (C=O) groups is 2. The fourth-order valence-electron chi connectivity index (χ4n) is 3.78. The van der Waals surface area contributed by atoms with Crippen LogP contribution in [0.15, 0.2) is 48.5 Å². The van der Waals surface area contributed by atoms with Gasteiger partial charge in [-0.25, -0.2) is 0 Å². The van der Waals surface area contributed by atoms with Crippen molar-refractivity contribution in [3.8, 4) is 5.75 Å². The third kappa shape index (κ3) is 5.32. The molecule has 2 atom stereocenters. The minimum Gasteiger partial charge on any atom is -0.497 e. The van der Waals surface area contributed by atoms with Crippen molar-refractivity contribution in [2.24, 2.45) is 5.92 Å². The van der Waals surface area contributed by atoms with Crippen LogP contribution >= 0.6 is 11.6 Å². The Morgan fingerprint density at radius 2 is 1.90 bits per heavy atom. The molecule has 0 saturated carbocycles. The van der Waals surface area contributed by atoms with Crippen LogP contribution in [0.1, 0.15) is 28.3 Å². The Labute approximate surface area is 182 Å². The molecule has 0 spiro atoms. The van der Waals surface area contributed by atoms with E-state index in [-0.39, 0.29) is 23.7 Å². The molecule has 0 aromatic heterocycles. The van der Waals surface area contributed by atoms with Crippen LogP contribution in [0.2, 0.25) is 5.02 Å². The van der Waals surface area contributed by atoms with E-state index in [0.29, 0.717) is 36.8 Å². The molecule has 0 aliphatic carbocycles. The van der Waals surface area contributed by atoms with Crippen molar-refractivity contribution in [1.82, 2.24) is 10.2 Å². The van der Waals surface area contributed by atoms with Gasteiger partial charge in [0.25, 0.3) is 5.91 Å². The highest BCUT2D eigenvalue weighted by atomic mass is 35.5. The number of hydrogen-bond acceptors (Lipinski definition) is 4. The maximum absolute atomic E-state index is 13.0. The van der Waals surface area contributed by atoms with Gasteiger partial charge in [0.2, 0.25) is 5.91 Å². The number of hydrogen-bond donors (Lipinski definition) is 1. The van der Waals surface area contributed by atoms with Crippen LogP contribution in [0.25, 0.3) is 0 Å². The molecule has 1 aliphatic rings. The van der Waals surface area contributed by atoms with Gasteiger partial charge in [0.05, 0.1) is 13.0 Å². The second-order valence-corrected chi connectivity index (χ2v) is 7.78. The molecular weight excluding hydrogens is 404 g/mol. The molecule has 2 aromatic carbocycles. The summed E-state index contributed by atoms with van der Waals surface area (Å²) in [7, 11) is 3.25. The van der Waals surface area contributed by atoms with Crippen molar-refractivity contribution >= 4 is 23.4 Å². The molecule has 6 nitrogen and oxygen atoms in total. The minimum absolute atomic E-state index is 0.0506. The zero-order chi connectivity index (χ0) is 21.5. The van der Waals surface area contributed by atoms with Crippen LogP contribution in [0, 0.1) is 5.92 Å². The van der Waals surface area contributed by atoms with Gasteiger partial charge in [-0.15, -0.1) is 0 Å². The van der Waals surface area contributed by atoms with E-state index in [9.17, 15) is 9.59 Å². The summed E-state index contributed by atoms with van der Waals surface area (Å²) >= 11 is 5.94. The first kappa shape index (κ1) is 22.1. The summed E-state index contributed by atoms with van der Waals surface area (Å²) in [4.78, 5) is 27.7. The third-order valence-corrected chi connectivity index (χ3v) is 5.63. The Morgan fingerprint density at radius 1 is 1.13 bits per heavy atom. The number of nitrogens with one attached hydrogen (secondary N) is 1. The molecule has 0 bridgehead atoms. The first-order valence-corrected chi connectivity index (χ1v) is 10.4. The SMILES string of the molecule is COCCCNC(=O)C1CN(C(=O)c2ccc(Cl)cc2)CC1c1cccc(OC)c1. The maximum Gasteiger partial charge on any atom is 0.253 e. The topological polar surface area (TPSA) is 67.9 Å². The number of likely N-dealkylation sites (tertiary alicyclic amines) is 1. The van der Waals surface area contributed by atoms with E-state index in [0.717, 1.165) is 17.7 Å².